The van der Waals surface area contributed by atoms with Gasteiger partial charge < -0.3 is 0 Å². The minimum Gasteiger partial charge on any atom is -0.239 e. The van der Waals surface area contributed by atoms with Crippen LogP contribution in [0.4, 0.5) is 4.39 Å². The predicted molar refractivity (Wildman–Crippen MR) is 102 cm³/mol. The molecule has 27 heavy (non-hydrogen) atoms. The first-order valence-electron chi connectivity index (χ1n) is 8.51. The number of benzene rings is 2. The van der Waals surface area contributed by atoms with Gasteiger partial charge in [-0.2, -0.15) is 9.57 Å². The van der Waals surface area contributed by atoms with Crippen molar-refractivity contribution in [1.82, 2.24) is 9.29 Å². The van der Waals surface area contributed by atoms with E-state index in [9.17, 15) is 12.8 Å². The molecule has 0 spiro atoms. The smallest absolute Gasteiger partial charge is 0.219 e. The number of aromatic nitrogens is 1. The summed E-state index contributed by atoms with van der Waals surface area (Å²) in [5.41, 5.74) is 1.10. The van der Waals surface area contributed by atoms with Crippen molar-refractivity contribution in [3.05, 3.63) is 64.4 Å². The number of sulfonamides is 1. The minimum absolute atomic E-state index is 0.0731. The summed E-state index contributed by atoms with van der Waals surface area (Å²) in [5.74, 6) is -1.10. The highest BCUT2D eigenvalue weighted by Crippen LogP contribution is 2.38. The summed E-state index contributed by atoms with van der Waals surface area (Å²) in [6.07, 6.45) is 1.45. The summed E-state index contributed by atoms with van der Waals surface area (Å²) >= 11 is 1.50. The van der Waals surface area contributed by atoms with Gasteiger partial charge in [-0.15, -0.1) is 11.3 Å². The maximum absolute atomic E-state index is 14.2. The van der Waals surface area contributed by atoms with Gasteiger partial charge in [0.25, 0.3) is 0 Å². The fraction of sp³-hybridized carbons (Fsp3) is 0.263. The van der Waals surface area contributed by atoms with E-state index in [1.165, 1.54) is 27.8 Å². The Morgan fingerprint density at radius 2 is 2.11 bits per heavy atom. The van der Waals surface area contributed by atoms with E-state index >= 15 is 0 Å². The van der Waals surface area contributed by atoms with Gasteiger partial charge >= 0.3 is 0 Å². The van der Waals surface area contributed by atoms with Crippen LogP contribution in [0.3, 0.4) is 0 Å². The van der Waals surface area contributed by atoms with E-state index in [4.69, 9.17) is 5.26 Å². The van der Waals surface area contributed by atoms with Gasteiger partial charge in [0, 0.05) is 12.1 Å². The van der Waals surface area contributed by atoms with Gasteiger partial charge in [-0.1, -0.05) is 18.2 Å². The van der Waals surface area contributed by atoms with Gasteiger partial charge in [0.2, 0.25) is 10.0 Å². The highest BCUT2D eigenvalue weighted by Gasteiger charge is 2.37. The topological polar surface area (TPSA) is 74.1 Å². The van der Waals surface area contributed by atoms with Crippen LogP contribution in [0.2, 0.25) is 0 Å². The summed E-state index contributed by atoms with van der Waals surface area (Å²) in [4.78, 5) is 4.61. The Morgan fingerprint density at radius 3 is 2.85 bits per heavy atom. The molecule has 2 heterocycles. The number of halogens is 1. The molecule has 1 atom stereocenters. The molecule has 4 rings (SSSR count). The van der Waals surface area contributed by atoms with E-state index in [1.807, 2.05) is 30.3 Å². The number of nitriles is 1. The van der Waals surface area contributed by atoms with Crippen molar-refractivity contribution in [3.63, 3.8) is 0 Å². The van der Waals surface area contributed by atoms with Gasteiger partial charge in [-0.25, -0.2) is 17.8 Å². The van der Waals surface area contributed by atoms with Crippen LogP contribution in [-0.2, 0) is 15.8 Å². The van der Waals surface area contributed by atoms with E-state index in [1.54, 1.807) is 0 Å². The summed E-state index contributed by atoms with van der Waals surface area (Å²) in [6, 6.07) is 13.1. The third kappa shape index (κ3) is 3.46. The maximum Gasteiger partial charge on any atom is 0.219 e. The molecule has 0 radical (unpaired) electrons. The first-order chi connectivity index (χ1) is 13.0. The molecule has 1 saturated heterocycles. The molecule has 1 fully saturated rings. The van der Waals surface area contributed by atoms with Crippen LogP contribution in [0.15, 0.2) is 42.5 Å². The molecular weight excluding hydrogens is 385 g/mol. The summed E-state index contributed by atoms with van der Waals surface area (Å²) in [6.45, 7) is 0.404. The second kappa shape index (κ2) is 7.00. The summed E-state index contributed by atoms with van der Waals surface area (Å²) in [7, 11) is -3.71. The zero-order chi connectivity index (χ0) is 19.0. The average molecular weight is 401 g/mol. The minimum atomic E-state index is -3.71. The molecule has 8 heteroatoms. The fourth-order valence-electron chi connectivity index (χ4n) is 3.37. The van der Waals surface area contributed by atoms with Crippen molar-refractivity contribution < 1.29 is 12.8 Å². The second-order valence-electron chi connectivity index (χ2n) is 6.46. The van der Waals surface area contributed by atoms with Gasteiger partial charge in [0.05, 0.1) is 33.6 Å². The van der Waals surface area contributed by atoms with Crippen molar-refractivity contribution in [1.29, 1.82) is 5.26 Å². The monoisotopic (exact) mass is 401 g/mol. The van der Waals surface area contributed by atoms with Crippen LogP contribution in [0, 0.1) is 17.1 Å². The molecule has 2 aromatic carbocycles. The van der Waals surface area contributed by atoms with Crippen LogP contribution < -0.4 is 0 Å². The Kier molecular flexibility index (Phi) is 4.68. The number of rotatable bonds is 4. The first kappa shape index (κ1) is 18.0. The van der Waals surface area contributed by atoms with Crippen LogP contribution in [0.5, 0.6) is 0 Å². The molecule has 1 aliphatic rings. The molecule has 5 nitrogen and oxygen atoms in total. The average Bonchev–Trinajstić information content (AvgIpc) is 3.30. The molecule has 0 N–H and O–H groups in total. The largest absolute Gasteiger partial charge is 0.239 e. The normalized spacial score (nSPS) is 18.0. The third-order valence-corrected chi connectivity index (χ3v) is 7.64. The number of fused-ring (bicyclic) bond motifs is 1. The lowest BCUT2D eigenvalue weighted by Gasteiger charge is -2.22. The lowest BCUT2D eigenvalue weighted by molar-refractivity contribution is 0.395. The van der Waals surface area contributed by atoms with Crippen LogP contribution in [0.25, 0.3) is 10.2 Å². The van der Waals surface area contributed by atoms with Crippen molar-refractivity contribution in [2.24, 2.45) is 0 Å². The Morgan fingerprint density at radius 1 is 1.30 bits per heavy atom. The Balaban J connectivity index is 1.63. The van der Waals surface area contributed by atoms with Crippen molar-refractivity contribution >= 4 is 31.6 Å². The molecular formula is C19H16FN3O2S2. The zero-order valence-electron chi connectivity index (χ0n) is 14.3. The van der Waals surface area contributed by atoms with Gasteiger partial charge in [-0.3, -0.25) is 0 Å². The molecule has 1 aliphatic heterocycles. The highest BCUT2D eigenvalue weighted by atomic mass is 32.2. The lowest BCUT2D eigenvalue weighted by atomic mass is 10.1. The predicted octanol–water partition coefficient (Wildman–Crippen LogP) is 3.97. The number of thiazole rings is 1. The van der Waals surface area contributed by atoms with Crippen LogP contribution >= 0.6 is 11.3 Å². The molecule has 138 valence electrons. The molecule has 1 aromatic heterocycles. The molecule has 0 bridgehead atoms. The lowest BCUT2D eigenvalue weighted by Crippen LogP contribution is -2.32. The number of hydrogen-bond donors (Lipinski definition) is 0. The zero-order valence-corrected chi connectivity index (χ0v) is 15.9. The summed E-state index contributed by atoms with van der Waals surface area (Å²) in [5, 5.41) is 9.61. The second-order valence-corrected chi connectivity index (χ2v) is 9.45. The first-order valence-corrected chi connectivity index (χ1v) is 10.9. The Labute approximate surface area is 160 Å². The quantitative estimate of drug-likeness (QED) is 0.663. The molecule has 0 saturated carbocycles. The fourth-order valence-corrected chi connectivity index (χ4v) is 6.34. The van der Waals surface area contributed by atoms with E-state index in [0.29, 0.717) is 13.0 Å². The standard InChI is InChI=1S/C19H16FN3O2S2/c20-15-10-13(11-21)7-8-14(15)12-27(24,25)23-9-3-5-17(23)19-22-16-4-1-2-6-18(16)26-19/h1-2,4,6-8,10,17H,3,5,9,12H2/t17-/m1/s1. The third-order valence-electron chi connectivity index (χ3n) is 4.68. The van der Waals surface area contributed by atoms with Gasteiger partial charge in [0.15, 0.2) is 0 Å². The Hall–Kier alpha value is -2.34. The molecule has 0 aliphatic carbocycles. The SMILES string of the molecule is N#Cc1ccc(CS(=O)(=O)N2CCC[C@@H]2c2nc3ccccc3s2)c(F)c1. The van der Waals surface area contributed by atoms with Crippen LogP contribution in [0.1, 0.15) is 35.0 Å². The van der Waals surface area contributed by atoms with Crippen molar-refractivity contribution in [2.45, 2.75) is 24.6 Å². The van der Waals surface area contributed by atoms with E-state index in [2.05, 4.69) is 4.98 Å². The molecule has 0 unspecified atom stereocenters. The number of hydrogen-bond acceptors (Lipinski definition) is 5. The van der Waals surface area contributed by atoms with E-state index < -0.39 is 21.6 Å². The molecule has 3 aromatic rings. The number of nitrogens with zero attached hydrogens (tertiary/aromatic N) is 3. The summed E-state index contributed by atoms with van der Waals surface area (Å²) < 4.78 is 42.6. The number of para-hydroxylation sites is 1. The van der Waals surface area contributed by atoms with E-state index in [-0.39, 0.29) is 17.2 Å². The van der Waals surface area contributed by atoms with Crippen LogP contribution in [-0.4, -0.2) is 24.3 Å². The van der Waals surface area contributed by atoms with E-state index in [0.717, 1.165) is 27.7 Å². The van der Waals surface area contributed by atoms with Gasteiger partial charge in [0.1, 0.15) is 10.8 Å². The van der Waals surface area contributed by atoms with Gasteiger partial charge in [-0.05, 0) is 37.1 Å². The Bertz CT molecular complexity index is 1120. The van der Waals surface area contributed by atoms with Crippen molar-refractivity contribution in [2.75, 3.05) is 6.54 Å². The van der Waals surface area contributed by atoms with Crippen molar-refractivity contribution in [3.8, 4) is 6.07 Å². The maximum atomic E-state index is 14.2. The molecule has 0 amide bonds. The highest BCUT2D eigenvalue weighted by molar-refractivity contribution is 7.88.